The quantitative estimate of drug-likeness (QED) is 0.723. The number of carbonyl (C=O) groups excluding carboxylic acids is 2. The van der Waals surface area contributed by atoms with Gasteiger partial charge in [0.1, 0.15) is 11.9 Å². The van der Waals surface area contributed by atoms with Crippen molar-refractivity contribution < 1.29 is 9.59 Å². The third kappa shape index (κ3) is 3.25. The van der Waals surface area contributed by atoms with Crippen molar-refractivity contribution in [2.24, 2.45) is 7.05 Å². The largest absolute Gasteiger partial charge is 0.339 e. The average Bonchev–Trinajstić information content (AvgIpc) is 3.02. The van der Waals surface area contributed by atoms with Gasteiger partial charge in [-0.15, -0.1) is 0 Å². The Hall–Kier alpha value is -3.92. The number of amides is 2. The number of fused-ring (bicyclic) bond motifs is 1. The minimum atomic E-state index is -0.814. The standard InChI is InChI=1S/C22H19N5O2/c1-13-17-18(15-10-8-14(12-23)9-11-15)19(22(29)25-20(17)27(2)26-13)24-21(28)16-6-4-3-5-7-16/h3-11,18-19H,1-2H3,(H,24,28)(H,25,29)/t18-,19+/m0/s1. The zero-order chi connectivity index (χ0) is 20.5. The predicted octanol–water partition coefficient (Wildman–Crippen LogP) is 2.48. The number of aryl methyl sites for hydroxylation is 2. The molecule has 4 rings (SSSR count). The highest BCUT2D eigenvalue weighted by atomic mass is 16.2. The van der Waals surface area contributed by atoms with E-state index in [-0.39, 0.29) is 11.8 Å². The predicted molar refractivity (Wildman–Crippen MR) is 107 cm³/mol. The fourth-order valence-corrected chi connectivity index (χ4v) is 3.79. The minimum absolute atomic E-state index is 0.306. The minimum Gasteiger partial charge on any atom is -0.339 e. The van der Waals surface area contributed by atoms with E-state index in [0.717, 1.165) is 16.8 Å². The van der Waals surface area contributed by atoms with Crippen molar-refractivity contribution in [3.05, 3.63) is 82.5 Å². The smallest absolute Gasteiger partial charge is 0.251 e. The summed E-state index contributed by atoms with van der Waals surface area (Å²) in [4.78, 5) is 25.8. The van der Waals surface area contributed by atoms with E-state index in [4.69, 9.17) is 5.26 Å². The molecule has 0 aliphatic carbocycles. The van der Waals surface area contributed by atoms with Crippen molar-refractivity contribution >= 4 is 17.6 Å². The summed E-state index contributed by atoms with van der Waals surface area (Å²) in [5, 5.41) is 19.3. The van der Waals surface area contributed by atoms with Gasteiger partial charge in [-0.1, -0.05) is 30.3 Å². The van der Waals surface area contributed by atoms with Crippen molar-refractivity contribution in [1.29, 1.82) is 5.26 Å². The molecule has 0 radical (unpaired) electrons. The lowest BCUT2D eigenvalue weighted by atomic mass is 9.81. The van der Waals surface area contributed by atoms with Crippen LogP contribution in [-0.4, -0.2) is 27.6 Å². The highest BCUT2D eigenvalue weighted by Gasteiger charge is 2.41. The summed E-state index contributed by atoms with van der Waals surface area (Å²) in [6.45, 7) is 1.88. The van der Waals surface area contributed by atoms with Gasteiger partial charge in [-0.25, -0.2) is 0 Å². The summed E-state index contributed by atoms with van der Waals surface area (Å²) in [6.07, 6.45) is 0. The molecular weight excluding hydrogens is 366 g/mol. The van der Waals surface area contributed by atoms with Gasteiger partial charge >= 0.3 is 0 Å². The number of benzene rings is 2. The van der Waals surface area contributed by atoms with Gasteiger partial charge in [0.2, 0.25) is 5.91 Å². The molecule has 3 aromatic rings. The molecule has 0 spiro atoms. The Labute approximate surface area is 168 Å². The van der Waals surface area contributed by atoms with Gasteiger partial charge in [-0.3, -0.25) is 14.3 Å². The number of rotatable bonds is 3. The summed E-state index contributed by atoms with van der Waals surface area (Å²) in [7, 11) is 1.77. The summed E-state index contributed by atoms with van der Waals surface area (Å²) in [5.41, 5.74) is 3.47. The van der Waals surface area contributed by atoms with Gasteiger partial charge in [0.15, 0.2) is 0 Å². The second-order valence-electron chi connectivity index (χ2n) is 6.99. The molecule has 7 heteroatoms. The molecule has 0 fully saturated rings. The number of nitrogens with one attached hydrogen (secondary N) is 2. The van der Waals surface area contributed by atoms with Crippen molar-refractivity contribution in [3.8, 4) is 6.07 Å². The van der Waals surface area contributed by atoms with Crippen LogP contribution in [0.4, 0.5) is 5.82 Å². The maximum absolute atomic E-state index is 13.0. The first kappa shape index (κ1) is 18.4. The zero-order valence-electron chi connectivity index (χ0n) is 16.0. The van der Waals surface area contributed by atoms with Crippen molar-refractivity contribution in [3.63, 3.8) is 0 Å². The van der Waals surface area contributed by atoms with E-state index < -0.39 is 12.0 Å². The maximum Gasteiger partial charge on any atom is 0.251 e. The Morgan fingerprint density at radius 2 is 1.86 bits per heavy atom. The lowest BCUT2D eigenvalue weighted by Gasteiger charge is -2.32. The van der Waals surface area contributed by atoms with E-state index in [1.54, 1.807) is 48.1 Å². The first-order valence-electron chi connectivity index (χ1n) is 9.20. The number of nitrogens with zero attached hydrogens (tertiary/aromatic N) is 3. The Balaban J connectivity index is 1.79. The van der Waals surface area contributed by atoms with Gasteiger partial charge in [-0.05, 0) is 36.8 Å². The summed E-state index contributed by atoms with van der Waals surface area (Å²) in [6, 6.07) is 17.1. The molecule has 144 valence electrons. The summed E-state index contributed by atoms with van der Waals surface area (Å²) >= 11 is 0. The SMILES string of the molecule is Cc1nn(C)c2c1[C@H](c1ccc(C#N)cc1)[C@@H](NC(=O)c1ccccc1)C(=O)N2. The molecule has 2 aromatic carbocycles. The molecule has 1 aliphatic rings. The molecule has 2 N–H and O–H groups in total. The van der Waals surface area contributed by atoms with Crippen LogP contribution < -0.4 is 10.6 Å². The highest BCUT2D eigenvalue weighted by molar-refractivity contribution is 6.03. The van der Waals surface area contributed by atoms with Crippen LogP contribution in [0.15, 0.2) is 54.6 Å². The third-order valence-corrected chi connectivity index (χ3v) is 5.16. The van der Waals surface area contributed by atoms with Crippen LogP contribution in [0.3, 0.4) is 0 Å². The number of nitriles is 1. The molecule has 0 bridgehead atoms. The number of hydrogen-bond donors (Lipinski definition) is 2. The lowest BCUT2D eigenvalue weighted by molar-refractivity contribution is -0.118. The molecule has 2 amide bonds. The van der Waals surface area contributed by atoms with E-state index >= 15 is 0 Å². The van der Waals surface area contributed by atoms with Gasteiger partial charge in [-0.2, -0.15) is 10.4 Å². The van der Waals surface area contributed by atoms with E-state index in [0.29, 0.717) is 16.9 Å². The second-order valence-corrected chi connectivity index (χ2v) is 6.99. The monoisotopic (exact) mass is 385 g/mol. The fourth-order valence-electron chi connectivity index (χ4n) is 3.79. The Morgan fingerprint density at radius 1 is 1.17 bits per heavy atom. The Morgan fingerprint density at radius 3 is 2.52 bits per heavy atom. The number of hydrogen-bond acceptors (Lipinski definition) is 4. The van der Waals surface area contributed by atoms with Crippen LogP contribution >= 0.6 is 0 Å². The van der Waals surface area contributed by atoms with E-state index in [1.165, 1.54) is 0 Å². The molecular formula is C22H19N5O2. The molecule has 0 saturated heterocycles. The third-order valence-electron chi connectivity index (χ3n) is 5.16. The van der Waals surface area contributed by atoms with E-state index in [9.17, 15) is 9.59 Å². The van der Waals surface area contributed by atoms with Crippen LogP contribution in [0, 0.1) is 18.3 Å². The first-order chi connectivity index (χ1) is 14.0. The number of anilines is 1. The van der Waals surface area contributed by atoms with Gasteiger partial charge in [0, 0.05) is 24.1 Å². The molecule has 1 aromatic heterocycles. The molecule has 29 heavy (non-hydrogen) atoms. The first-order valence-corrected chi connectivity index (χ1v) is 9.20. The van der Waals surface area contributed by atoms with Gasteiger partial charge in [0.05, 0.1) is 17.3 Å². The topological polar surface area (TPSA) is 99.8 Å². The maximum atomic E-state index is 13.0. The zero-order valence-corrected chi connectivity index (χ0v) is 16.0. The molecule has 2 heterocycles. The normalized spacial score (nSPS) is 17.8. The molecule has 1 aliphatic heterocycles. The second kappa shape index (κ2) is 7.24. The van der Waals surface area contributed by atoms with E-state index in [2.05, 4.69) is 21.8 Å². The Kier molecular flexibility index (Phi) is 4.61. The van der Waals surface area contributed by atoms with E-state index in [1.807, 2.05) is 25.1 Å². The van der Waals surface area contributed by atoms with Gasteiger partial charge < -0.3 is 10.6 Å². The van der Waals surface area contributed by atoms with Crippen LogP contribution in [-0.2, 0) is 11.8 Å². The Bertz CT molecular complexity index is 1130. The fraction of sp³-hybridized carbons (Fsp3) is 0.182. The van der Waals surface area contributed by atoms with Crippen molar-refractivity contribution in [2.75, 3.05) is 5.32 Å². The van der Waals surface area contributed by atoms with Crippen LogP contribution in [0.2, 0.25) is 0 Å². The molecule has 0 unspecified atom stereocenters. The molecule has 7 nitrogen and oxygen atoms in total. The molecule has 0 saturated carbocycles. The summed E-state index contributed by atoms with van der Waals surface area (Å²) < 4.78 is 1.63. The van der Waals surface area contributed by atoms with Crippen molar-refractivity contribution in [1.82, 2.24) is 15.1 Å². The van der Waals surface area contributed by atoms with Crippen LogP contribution in [0.5, 0.6) is 0 Å². The summed E-state index contributed by atoms with van der Waals surface area (Å²) in [5.74, 6) is -0.437. The number of aromatic nitrogens is 2. The molecule has 2 atom stereocenters. The lowest BCUT2D eigenvalue weighted by Crippen LogP contribution is -2.50. The highest BCUT2D eigenvalue weighted by Crippen LogP contribution is 2.39. The van der Waals surface area contributed by atoms with Crippen molar-refractivity contribution in [2.45, 2.75) is 18.9 Å². The van der Waals surface area contributed by atoms with Crippen LogP contribution in [0.25, 0.3) is 0 Å². The van der Waals surface area contributed by atoms with Gasteiger partial charge in [0.25, 0.3) is 5.91 Å². The van der Waals surface area contributed by atoms with Crippen LogP contribution in [0.1, 0.15) is 38.7 Å². The number of carbonyl (C=O) groups is 2. The average molecular weight is 385 g/mol.